The van der Waals surface area contributed by atoms with Crippen LogP contribution in [0.3, 0.4) is 0 Å². The van der Waals surface area contributed by atoms with E-state index in [2.05, 4.69) is 20.4 Å². The Kier molecular flexibility index (Phi) is 3.68. The van der Waals surface area contributed by atoms with Gasteiger partial charge < -0.3 is 5.32 Å². The van der Waals surface area contributed by atoms with Crippen molar-refractivity contribution in [2.45, 2.75) is 6.54 Å². The van der Waals surface area contributed by atoms with Crippen molar-refractivity contribution in [1.29, 1.82) is 0 Å². The van der Waals surface area contributed by atoms with Gasteiger partial charge in [-0.15, -0.1) is 5.10 Å². The molecule has 4 heterocycles. The third kappa shape index (κ3) is 2.85. The molecule has 5 aromatic rings. The Bertz CT molecular complexity index is 1220. The number of para-hydroxylation sites is 1. The molecule has 0 aliphatic heterocycles. The first kappa shape index (κ1) is 15.4. The molecule has 0 unspecified atom stereocenters. The molecule has 4 aromatic heterocycles. The Morgan fingerprint density at radius 2 is 1.70 bits per heavy atom. The molecular weight excluding hydrogens is 338 g/mol. The maximum absolute atomic E-state index is 4.76. The van der Waals surface area contributed by atoms with Crippen LogP contribution < -0.4 is 5.32 Å². The maximum atomic E-state index is 4.76. The first-order valence-corrected chi connectivity index (χ1v) is 8.58. The summed E-state index contributed by atoms with van der Waals surface area (Å²) < 4.78 is 1.75. The van der Waals surface area contributed by atoms with Crippen LogP contribution in [0.25, 0.3) is 27.9 Å². The first-order valence-electron chi connectivity index (χ1n) is 8.58. The summed E-state index contributed by atoms with van der Waals surface area (Å²) in [6.45, 7) is 0.547. The lowest BCUT2D eigenvalue weighted by Gasteiger charge is -2.08. The largest absolute Gasteiger partial charge is 0.348 e. The van der Waals surface area contributed by atoms with Crippen molar-refractivity contribution < 1.29 is 0 Å². The summed E-state index contributed by atoms with van der Waals surface area (Å²) in [6, 6.07) is 17.5. The zero-order valence-corrected chi connectivity index (χ0v) is 14.3. The van der Waals surface area contributed by atoms with Crippen molar-refractivity contribution in [3.63, 3.8) is 0 Å². The number of nitrogens with one attached hydrogen (secondary N) is 1. The second kappa shape index (κ2) is 6.45. The fraction of sp³-hybridized carbons (Fsp3) is 0.0500. The Labute approximate surface area is 154 Å². The number of aromatic nitrogens is 6. The number of benzene rings is 1. The molecule has 0 bridgehead atoms. The van der Waals surface area contributed by atoms with Crippen molar-refractivity contribution in [3.8, 4) is 11.4 Å². The topological polar surface area (TPSA) is 80.9 Å². The van der Waals surface area contributed by atoms with E-state index < -0.39 is 0 Å². The van der Waals surface area contributed by atoms with Crippen LogP contribution in [0.4, 0.5) is 5.95 Å². The van der Waals surface area contributed by atoms with Crippen LogP contribution in [0, 0.1) is 0 Å². The highest BCUT2D eigenvalue weighted by Crippen LogP contribution is 2.24. The average molecular weight is 353 g/mol. The van der Waals surface area contributed by atoms with E-state index in [9.17, 15) is 0 Å². The molecule has 0 amide bonds. The monoisotopic (exact) mass is 353 g/mol. The van der Waals surface area contributed by atoms with Crippen molar-refractivity contribution >= 4 is 22.5 Å². The quantitative estimate of drug-likeness (QED) is 0.534. The minimum Gasteiger partial charge on any atom is -0.348 e. The summed E-state index contributed by atoms with van der Waals surface area (Å²) in [5.74, 6) is 1.26. The number of pyridine rings is 2. The van der Waals surface area contributed by atoms with Gasteiger partial charge in [-0.05, 0) is 36.4 Å². The zero-order valence-electron chi connectivity index (χ0n) is 14.3. The number of fused-ring (bicyclic) bond motifs is 3. The maximum Gasteiger partial charge on any atom is 0.226 e. The molecular formula is C20H15N7. The predicted molar refractivity (Wildman–Crippen MR) is 103 cm³/mol. The van der Waals surface area contributed by atoms with E-state index >= 15 is 0 Å². The first-order chi connectivity index (χ1) is 13.4. The Morgan fingerprint density at radius 3 is 2.56 bits per heavy atom. The molecule has 0 atom stereocenters. The Morgan fingerprint density at radius 1 is 0.852 bits per heavy atom. The molecule has 0 spiro atoms. The molecule has 0 fully saturated rings. The van der Waals surface area contributed by atoms with Gasteiger partial charge in [0.15, 0.2) is 11.5 Å². The van der Waals surface area contributed by atoms with E-state index in [-0.39, 0.29) is 0 Å². The summed E-state index contributed by atoms with van der Waals surface area (Å²) in [6.07, 6.45) is 5.24. The lowest BCUT2D eigenvalue weighted by molar-refractivity contribution is 0.910. The SMILES string of the molecule is c1ccc(CNc2nc3ccccc3c3nc(-c4ccncc4)nn23)nc1. The lowest BCUT2D eigenvalue weighted by atomic mass is 10.2. The van der Waals surface area contributed by atoms with Gasteiger partial charge in [0.05, 0.1) is 17.8 Å². The highest BCUT2D eigenvalue weighted by Gasteiger charge is 2.14. The molecule has 7 heteroatoms. The lowest BCUT2D eigenvalue weighted by Crippen LogP contribution is -2.08. The van der Waals surface area contributed by atoms with Gasteiger partial charge >= 0.3 is 0 Å². The van der Waals surface area contributed by atoms with E-state index in [1.165, 1.54) is 0 Å². The van der Waals surface area contributed by atoms with E-state index in [0.717, 1.165) is 27.8 Å². The van der Waals surface area contributed by atoms with Gasteiger partial charge in [-0.3, -0.25) is 9.97 Å². The molecule has 5 rings (SSSR count). The van der Waals surface area contributed by atoms with Crippen LogP contribution in [0.2, 0.25) is 0 Å². The normalized spacial score (nSPS) is 11.1. The van der Waals surface area contributed by atoms with Gasteiger partial charge in [0.1, 0.15) is 0 Å². The molecule has 27 heavy (non-hydrogen) atoms. The molecule has 1 N–H and O–H groups in total. The van der Waals surface area contributed by atoms with Crippen LogP contribution in [0.15, 0.2) is 73.2 Å². The summed E-state index contributed by atoms with van der Waals surface area (Å²) in [5.41, 5.74) is 3.46. The number of nitrogens with zero attached hydrogens (tertiary/aromatic N) is 6. The van der Waals surface area contributed by atoms with Gasteiger partial charge in [-0.1, -0.05) is 18.2 Å². The van der Waals surface area contributed by atoms with Crippen molar-refractivity contribution in [3.05, 3.63) is 78.9 Å². The van der Waals surface area contributed by atoms with E-state index in [0.29, 0.717) is 18.3 Å². The highest BCUT2D eigenvalue weighted by molar-refractivity contribution is 5.92. The van der Waals surface area contributed by atoms with Crippen LogP contribution in [-0.4, -0.2) is 29.5 Å². The third-order valence-corrected chi connectivity index (χ3v) is 4.27. The van der Waals surface area contributed by atoms with Gasteiger partial charge in [0.2, 0.25) is 5.95 Å². The third-order valence-electron chi connectivity index (χ3n) is 4.27. The average Bonchev–Trinajstić information content (AvgIpc) is 3.19. The molecule has 7 nitrogen and oxygen atoms in total. The molecule has 1 aromatic carbocycles. The highest BCUT2D eigenvalue weighted by atomic mass is 15.4. The minimum atomic E-state index is 0.547. The molecule has 0 radical (unpaired) electrons. The van der Waals surface area contributed by atoms with Crippen molar-refractivity contribution in [2.24, 2.45) is 0 Å². The number of hydrogen-bond acceptors (Lipinski definition) is 6. The van der Waals surface area contributed by atoms with Crippen LogP contribution in [0.5, 0.6) is 0 Å². The number of rotatable bonds is 4. The zero-order chi connectivity index (χ0) is 18.1. The summed E-state index contributed by atoms with van der Waals surface area (Å²) in [7, 11) is 0. The van der Waals surface area contributed by atoms with Gasteiger partial charge in [0, 0.05) is 29.5 Å². The van der Waals surface area contributed by atoms with E-state index in [4.69, 9.17) is 9.97 Å². The smallest absolute Gasteiger partial charge is 0.226 e. The summed E-state index contributed by atoms with van der Waals surface area (Å²) >= 11 is 0. The molecule has 130 valence electrons. The predicted octanol–water partition coefficient (Wildman–Crippen LogP) is 3.35. The minimum absolute atomic E-state index is 0.547. The fourth-order valence-corrected chi connectivity index (χ4v) is 2.97. The second-order valence-corrected chi connectivity index (χ2v) is 6.03. The molecule has 0 aliphatic rings. The fourth-order valence-electron chi connectivity index (χ4n) is 2.97. The van der Waals surface area contributed by atoms with Crippen LogP contribution in [0.1, 0.15) is 5.69 Å². The molecule has 0 saturated heterocycles. The molecule has 0 saturated carbocycles. The van der Waals surface area contributed by atoms with Gasteiger partial charge in [-0.2, -0.15) is 4.52 Å². The van der Waals surface area contributed by atoms with Gasteiger partial charge in [-0.25, -0.2) is 9.97 Å². The summed E-state index contributed by atoms with van der Waals surface area (Å²) in [5, 5.41) is 8.97. The molecule has 0 aliphatic carbocycles. The standard InChI is InChI=1S/C20H15N7/c1-2-7-17-16(6-1)19-25-18(14-8-11-21-12-9-14)26-27(19)20(24-17)23-13-15-5-3-4-10-22-15/h1-12H,13H2,(H,23,24). The Hall–Kier alpha value is -3.87. The van der Waals surface area contributed by atoms with E-state index in [1.807, 2.05) is 54.6 Å². The van der Waals surface area contributed by atoms with E-state index in [1.54, 1.807) is 23.1 Å². The number of hydrogen-bond donors (Lipinski definition) is 1. The van der Waals surface area contributed by atoms with Crippen LogP contribution in [-0.2, 0) is 6.54 Å². The van der Waals surface area contributed by atoms with Crippen LogP contribution >= 0.6 is 0 Å². The summed E-state index contributed by atoms with van der Waals surface area (Å²) in [4.78, 5) is 17.9. The van der Waals surface area contributed by atoms with Crippen molar-refractivity contribution in [1.82, 2.24) is 29.5 Å². The van der Waals surface area contributed by atoms with Gasteiger partial charge in [0.25, 0.3) is 0 Å². The second-order valence-electron chi connectivity index (χ2n) is 6.03. The van der Waals surface area contributed by atoms with Crippen molar-refractivity contribution in [2.75, 3.05) is 5.32 Å². The Balaban J connectivity index is 1.65. The number of anilines is 1.